The molecule has 1 aromatic heterocycles. The summed E-state index contributed by atoms with van der Waals surface area (Å²) in [6.07, 6.45) is 0. The first kappa shape index (κ1) is 20.4. The number of anilines is 1. The van der Waals surface area contributed by atoms with Crippen molar-refractivity contribution < 1.29 is 14.3 Å². The molecule has 6 nitrogen and oxygen atoms in total. The Morgan fingerprint density at radius 1 is 0.839 bits per heavy atom. The molecule has 0 aliphatic heterocycles. The Morgan fingerprint density at radius 2 is 1.55 bits per heavy atom. The quantitative estimate of drug-likeness (QED) is 0.404. The molecule has 0 fully saturated rings. The summed E-state index contributed by atoms with van der Waals surface area (Å²) >= 11 is 0. The third-order valence-electron chi connectivity index (χ3n) is 4.79. The minimum atomic E-state index is -0.230. The highest BCUT2D eigenvalue weighted by Gasteiger charge is 2.10. The van der Waals surface area contributed by atoms with Gasteiger partial charge in [0.2, 0.25) is 5.91 Å². The molecule has 0 radical (unpaired) electrons. The van der Waals surface area contributed by atoms with E-state index >= 15 is 0 Å². The number of hydrogen-bond acceptors (Lipinski definition) is 3. The van der Waals surface area contributed by atoms with Crippen LogP contribution in [-0.4, -0.2) is 23.4 Å². The summed E-state index contributed by atoms with van der Waals surface area (Å²) < 4.78 is 5.47. The van der Waals surface area contributed by atoms with Crippen LogP contribution in [0.15, 0.2) is 84.9 Å². The van der Waals surface area contributed by atoms with Crippen LogP contribution in [0.4, 0.5) is 5.69 Å². The van der Waals surface area contributed by atoms with Gasteiger partial charge >= 0.3 is 0 Å². The van der Waals surface area contributed by atoms with E-state index in [4.69, 9.17) is 4.74 Å². The molecule has 1 heterocycles. The van der Waals surface area contributed by atoms with Gasteiger partial charge in [-0.2, -0.15) is 0 Å². The summed E-state index contributed by atoms with van der Waals surface area (Å²) in [5.74, 6) is -0.411. The number of carbonyl (C=O) groups excluding carboxylic acids is 2. The Kier molecular flexibility index (Phi) is 6.40. The van der Waals surface area contributed by atoms with E-state index in [2.05, 4.69) is 15.6 Å². The first-order chi connectivity index (χ1) is 15.2. The molecule has 4 rings (SSSR count). The van der Waals surface area contributed by atoms with E-state index < -0.39 is 0 Å². The second kappa shape index (κ2) is 9.73. The number of amides is 2. The van der Waals surface area contributed by atoms with Crippen LogP contribution >= 0.6 is 0 Å². The highest BCUT2D eigenvalue weighted by molar-refractivity contribution is 6.00. The topological polar surface area (TPSA) is 83.2 Å². The van der Waals surface area contributed by atoms with Crippen LogP contribution in [0.1, 0.15) is 21.6 Å². The fourth-order valence-corrected chi connectivity index (χ4v) is 3.24. The van der Waals surface area contributed by atoms with Crippen LogP contribution < -0.4 is 10.6 Å². The maximum absolute atomic E-state index is 12.5. The molecular formula is C25H23N3O3. The molecule has 156 valence electrons. The lowest BCUT2D eigenvalue weighted by molar-refractivity contribution is -0.121. The lowest BCUT2D eigenvalue weighted by atomic mass is 10.2. The summed E-state index contributed by atoms with van der Waals surface area (Å²) in [4.78, 5) is 27.7. The molecule has 0 bridgehead atoms. The van der Waals surface area contributed by atoms with Crippen molar-refractivity contribution in [1.29, 1.82) is 0 Å². The molecule has 31 heavy (non-hydrogen) atoms. The Balaban J connectivity index is 1.32. The summed E-state index contributed by atoms with van der Waals surface area (Å²) in [5, 5.41) is 6.57. The Hall–Kier alpha value is -3.90. The van der Waals surface area contributed by atoms with Crippen LogP contribution in [-0.2, 0) is 22.7 Å². The molecule has 0 atom stereocenters. The van der Waals surface area contributed by atoms with Crippen LogP contribution in [0.5, 0.6) is 0 Å². The smallest absolute Gasteiger partial charge is 0.267 e. The van der Waals surface area contributed by atoms with E-state index in [0.717, 1.165) is 22.0 Å². The van der Waals surface area contributed by atoms with Gasteiger partial charge in [0.25, 0.3) is 5.91 Å². The van der Waals surface area contributed by atoms with E-state index in [1.165, 1.54) is 0 Å². The summed E-state index contributed by atoms with van der Waals surface area (Å²) in [6, 6.07) is 26.7. The van der Waals surface area contributed by atoms with Gasteiger partial charge in [0.1, 0.15) is 12.3 Å². The maximum Gasteiger partial charge on any atom is 0.267 e. The number of aromatic amines is 1. The Bertz CT molecular complexity index is 1170. The zero-order valence-electron chi connectivity index (χ0n) is 16.9. The van der Waals surface area contributed by atoms with Crippen molar-refractivity contribution in [3.8, 4) is 0 Å². The first-order valence-electron chi connectivity index (χ1n) is 10.0. The summed E-state index contributed by atoms with van der Waals surface area (Å²) in [6.45, 7) is 0.805. The van der Waals surface area contributed by atoms with E-state index in [1.54, 1.807) is 12.1 Å². The molecule has 6 heteroatoms. The van der Waals surface area contributed by atoms with Crippen molar-refractivity contribution in [2.24, 2.45) is 0 Å². The van der Waals surface area contributed by atoms with Crippen LogP contribution in [0.25, 0.3) is 10.9 Å². The van der Waals surface area contributed by atoms with E-state index in [1.807, 2.05) is 72.8 Å². The van der Waals surface area contributed by atoms with E-state index in [-0.39, 0.29) is 18.4 Å². The zero-order valence-corrected chi connectivity index (χ0v) is 16.9. The monoisotopic (exact) mass is 413 g/mol. The number of fused-ring (bicyclic) bond motifs is 1. The third-order valence-corrected chi connectivity index (χ3v) is 4.79. The van der Waals surface area contributed by atoms with Gasteiger partial charge in [-0.1, -0.05) is 60.7 Å². The fourth-order valence-electron chi connectivity index (χ4n) is 3.24. The predicted molar refractivity (Wildman–Crippen MR) is 121 cm³/mol. The van der Waals surface area contributed by atoms with Crippen LogP contribution in [0, 0.1) is 0 Å². The number of ether oxygens (including phenoxy) is 1. The van der Waals surface area contributed by atoms with Crippen LogP contribution in [0.3, 0.4) is 0 Å². The molecule has 0 aliphatic carbocycles. The molecule has 3 aromatic carbocycles. The Labute approximate surface area is 180 Å². The Morgan fingerprint density at radius 3 is 2.29 bits per heavy atom. The molecule has 4 aromatic rings. The highest BCUT2D eigenvalue weighted by Crippen LogP contribution is 2.20. The SMILES string of the molecule is O=C(COCc1ccccc1)Nc1ccc2[nH]c(C(=O)NCc3ccccc3)cc2c1. The predicted octanol–water partition coefficient (Wildman–Crippen LogP) is 4.25. The standard InChI is InChI=1S/C25H23N3O3/c29-24(17-31-16-19-9-5-2-6-10-19)27-21-11-12-22-20(13-21)14-23(28-22)25(30)26-15-18-7-3-1-4-8-18/h1-14,28H,15-17H2,(H,26,30)(H,27,29). The summed E-state index contributed by atoms with van der Waals surface area (Å²) in [5.41, 5.74) is 3.99. The molecule has 0 saturated carbocycles. The molecular weight excluding hydrogens is 390 g/mol. The molecule has 0 spiro atoms. The summed E-state index contributed by atoms with van der Waals surface area (Å²) in [7, 11) is 0. The van der Waals surface area contributed by atoms with Crippen molar-refractivity contribution >= 4 is 28.4 Å². The highest BCUT2D eigenvalue weighted by atomic mass is 16.5. The van der Waals surface area contributed by atoms with Gasteiger partial charge in [0.15, 0.2) is 0 Å². The molecule has 2 amide bonds. The zero-order chi connectivity index (χ0) is 21.5. The van der Waals surface area contributed by atoms with Gasteiger partial charge in [-0.3, -0.25) is 9.59 Å². The number of benzene rings is 3. The van der Waals surface area contributed by atoms with E-state index in [0.29, 0.717) is 24.5 Å². The van der Waals surface area contributed by atoms with Gasteiger partial charge < -0.3 is 20.4 Å². The second-order valence-electron chi connectivity index (χ2n) is 7.18. The van der Waals surface area contributed by atoms with Gasteiger partial charge in [-0.15, -0.1) is 0 Å². The van der Waals surface area contributed by atoms with Crippen molar-refractivity contribution in [3.05, 3.63) is 102 Å². The van der Waals surface area contributed by atoms with Crippen molar-refractivity contribution in [2.75, 3.05) is 11.9 Å². The van der Waals surface area contributed by atoms with Gasteiger partial charge in [-0.05, 0) is 35.4 Å². The van der Waals surface area contributed by atoms with Gasteiger partial charge in [0.05, 0.1) is 6.61 Å². The normalized spacial score (nSPS) is 10.7. The first-order valence-corrected chi connectivity index (χ1v) is 10.0. The number of hydrogen-bond donors (Lipinski definition) is 3. The average molecular weight is 413 g/mol. The number of H-pyrrole nitrogens is 1. The molecule has 0 saturated heterocycles. The number of nitrogens with one attached hydrogen (secondary N) is 3. The molecule has 0 unspecified atom stereocenters. The average Bonchev–Trinajstić information content (AvgIpc) is 3.22. The molecule has 3 N–H and O–H groups in total. The fraction of sp³-hybridized carbons (Fsp3) is 0.120. The van der Waals surface area contributed by atoms with Crippen molar-refractivity contribution in [1.82, 2.24) is 10.3 Å². The number of rotatable bonds is 8. The largest absolute Gasteiger partial charge is 0.367 e. The lowest BCUT2D eigenvalue weighted by Crippen LogP contribution is -2.22. The van der Waals surface area contributed by atoms with E-state index in [9.17, 15) is 9.59 Å². The van der Waals surface area contributed by atoms with Gasteiger partial charge in [-0.25, -0.2) is 0 Å². The van der Waals surface area contributed by atoms with Crippen molar-refractivity contribution in [2.45, 2.75) is 13.2 Å². The number of aromatic nitrogens is 1. The number of carbonyl (C=O) groups is 2. The molecule has 0 aliphatic rings. The second-order valence-corrected chi connectivity index (χ2v) is 7.18. The minimum absolute atomic E-state index is 0.0345. The minimum Gasteiger partial charge on any atom is -0.367 e. The van der Waals surface area contributed by atoms with Crippen LogP contribution in [0.2, 0.25) is 0 Å². The third kappa shape index (κ3) is 5.58. The van der Waals surface area contributed by atoms with Gasteiger partial charge in [0, 0.05) is 23.1 Å². The van der Waals surface area contributed by atoms with Crippen molar-refractivity contribution in [3.63, 3.8) is 0 Å². The lowest BCUT2D eigenvalue weighted by Gasteiger charge is -2.06. The maximum atomic E-state index is 12.5.